The van der Waals surface area contributed by atoms with Crippen LogP contribution in [0.25, 0.3) is 0 Å². The van der Waals surface area contributed by atoms with Crippen molar-refractivity contribution >= 4 is 5.96 Å². The van der Waals surface area contributed by atoms with Gasteiger partial charge in [-0.05, 0) is 50.1 Å². The van der Waals surface area contributed by atoms with Gasteiger partial charge in [0.25, 0.3) is 0 Å². The van der Waals surface area contributed by atoms with E-state index in [9.17, 15) is 13.9 Å². The van der Waals surface area contributed by atoms with E-state index in [0.717, 1.165) is 6.07 Å². The average Bonchev–Trinajstić information content (AvgIpc) is 3.07. The summed E-state index contributed by atoms with van der Waals surface area (Å²) >= 11 is 0. The Kier molecular flexibility index (Phi) is 6.52. The highest BCUT2D eigenvalue weighted by Crippen LogP contribution is 2.21. The molecule has 0 saturated carbocycles. The lowest BCUT2D eigenvalue weighted by atomic mass is 10.0. The number of aliphatic imine (C=N–C) groups is 1. The number of halogens is 2. The molecule has 5 nitrogen and oxygen atoms in total. The Balaban J connectivity index is 1.93. The lowest BCUT2D eigenvalue weighted by Crippen LogP contribution is -2.39. The number of nitrogens with zero attached hydrogens (tertiary/aromatic N) is 1. The Morgan fingerprint density at radius 2 is 1.96 bits per heavy atom. The minimum Gasteiger partial charge on any atom is -0.466 e. The van der Waals surface area contributed by atoms with Crippen LogP contribution in [-0.2, 0) is 12.0 Å². The monoisotopic (exact) mass is 351 g/mol. The molecule has 0 bridgehead atoms. The van der Waals surface area contributed by atoms with Gasteiger partial charge in [-0.2, -0.15) is 0 Å². The molecule has 0 saturated heterocycles. The number of hydrogen-bond acceptors (Lipinski definition) is 3. The average molecular weight is 351 g/mol. The van der Waals surface area contributed by atoms with Crippen molar-refractivity contribution in [2.24, 2.45) is 4.99 Å². The maximum atomic E-state index is 13.2. The third-order valence-corrected chi connectivity index (χ3v) is 3.57. The molecule has 0 amide bonds. The van der Waals surface area contributed by atoms with Crippen molar-refractivity contribution < 1.29 is 18.3 Å². The fourth-order valence-corrected chi connectivity index (χ4v) is 2.32. The van der Waals surface area contributed by atoms with E-state index in [1.54, 1.807) is 19.1 Å². The fourth-order valence-electron chi connectivity index (χ4n) is 2.32. The van der Waals surface area contributed by atoms with Crippen molar-refractivity contribution in [1.82, 2.24) is 10.6 Å². The van der Waals surface area contributed by atoms with Crippen molar-refractivity contribution in [2.45, 2.75) is 25.9 Å². The van der Waals surface area contributed by atoms with Gasteiger partial charge in [0.05, 0.1) is 12.8 Å². The SMILES string of the molecule is CCNC(=NCC(C)(O)c1ccco1)NCCc1cc(F)cc(F)c1. The highest BCUT2D eigenvalue weighted by molar-refractivity contribution is 5.79. The summed E-state index contributed by atoms with van der Waals surface area (Å²) < 4.78 is 31.6. The van der Waals surface area contributed by atoms with E-state index in [2.05, 4.69) is 15.6 Å². The van der Waals surface area contributed by atoms with Gasteiger partial charge in [-0.1, -0.05) is 0 Å². The number of hydrogen-bond donors (Lipinski definition) is 3. The molecule has 1 aromatic carbocycles. The van der Waals surface area contributed by atoms with E-state index < -0.39 is 17.2 Å². The number of furan rings is 1. The van der Waals surface area contributed by atoms with Gasteiger partial charge >= 0.3 is 0 Å². The smallest absolute Gasteiger partial charge is 0.191 e. The zero-order valence-corrected chi connectivity index (χ0v) is 14.4. The quantitative estimate of drug-likeness (QED) is 0.530. The first kappa shape index (κ1) is 18.9. The Morgan fingerprint density at radius 1 is 1.24 bits per heavy atom. The lowest BCUT2D eigenvalue weighted by Gasteiger charge is -2.19. The van der Waals surface area contributed by atoms with Gasteiger partial charge < -0.3 is 20.2 Å². The number of benzene rings is 1. The van der Waals surface area contributed by atoms with Gasteiger partial charge in [0.15, 0.2) is 5.96 Å². The molecule has 0 aliphatic rings. The first-order valence-corrected chi connectivity index (χ1v) is 8.14. The Morgan fingerprint density at radius 3 is 2.56 bits per heavy atom. The summed E-state index contributed by atoms with van der Waals surface area (Å²) in [6, 6.07) is 6.84. The molecule has 1 aromatic heterocycles. The summed E-state index contributed by atoms with van der Waals surface area (Å²) in [6.45, 7) is 4.73. The van der Waals surface area contributed by atoms with Gasteiger partial charge in [-0.15, -0.1) is 0 Å². The molecule has 0 aliphatic carbocycles. The van der Waals surface area contributed by atoms with Gasteiger partial charge in [0.2, 0.25) is 0 Å². The Hall–Kier alpha value is -2.41. The van der Waals surface area contributed by atoms with Crippen molar-refractivity contribution in [1.29, 1.82) is 0 Å². The number of aliphatic hydroxyl groups is 1. The molecule has 7 heteroatoms. The molecule has 2 rings (SSSR count). The highest BCUT2D eigenvalue weighted by Gasteiger charge is 2.26. The van der Waals surface area contributed by atoms with Crippen LogP contribution in [0.2, 0.25) is 0 Å². The van der Waals surface area contributed by atoms with E-state index in [0.29, 0.717) is 36.8 Å². The summed E-state index contributed by atoms with van der Waals surface area (Å²) in [4.78, 5) is 4.34. The van der Waals surface area contributed by atoms with Crippen LogP contribution in [0.3, 0.4) is 0 Å². The van der Waals surface area contributed by atoms with E-state index in [1.165, 1.54) is 18.4 Å². The molecule has 1 atom stereocenters. The Bertz CT molecular complexity index is 680. The van der Waals surface area contributed by atoms with E-state index in [4.69, 9.17) is 4.42 Å². The zero-order chi connectivity index (χ0) is 18.3. The fraction of sp³-hybridized carbons (Fsp3) is 0.389. The molecule has 0 spiro atoms. The predicted molar refractivity (Wildman–Crippen MR) is 92.3 cm³/mol. The van der Waals surface area contributed by atoms with Gasteiger partial charge in [0.1, 0.15) is 23.0 Å². The van der Waals surface area contributed by atoms with Gasteiger partial charge in [-0.25, -0.2) is 13.8 Å². The molecule has 136 valence electrons. The van der Waals surface area contributed by atoms with Crippen molar-refractivity contribution in [3.05, 3.63) is 59.6 Å². The van der Waals surface area contributed by atoms with Crippen molar-refractivity contribution in [3.8, 4) is 0 Å². The molecule has 1 heterocycles. The molecule has 0 fully saturated rings. The maximum Gasteiger partial charge on any atom is 0.191 e. The number of guanidine groups is 1. The normalized spacial score (nSPS) is 14.2. The number of rotatable bonds is 7. The van der Waals surface area contributed by atoms with Crippen LogP contribution in [-0.4, -0.2) is 30.7 Å². The predicted octanol–water partition coefficient (Wildman–Crippen LogP) is 2.56. The van der Waals surface area contributed by atoms with E-state index in [1.807, 2.05) is 6.92 Å². The summed E-state index contributed by atoms with van der Waals surface area (Å²) in [6.07, 6.45) is 1.93. The first-order chi connectivity index (χ1) is 11.9. The second-order valence-electron chi connectivity index (χ2n) is 5.90. The van der Waals surface area contributed by atoms with E-state index in [-0.39, 0.29) is 6.54 Å². The standard InChI is InChI=1S/C18H23F2N3O2/c1-3-21-17(23-12-18(2,24)16-5-4-8-25-16)22-7-6-13-9-14(19)11-15(20)10-13/h4-5,8-11,24H,3,6-7,12H2,1-2H3,(H2,21,22,23). The van der Waals surface area contributed by atoms with Crippen LogP contribution in [0.4, 0.5) is 8.78 Å². The second-order valence-corrected chi connectivity index (χ2v) is 5.90. The molecule has 3 N–H and O–H groups in total. The molecule has 1 unspecified atom stereocenters. The van der Waals surface area contributed by atoms with Crippen LogP contribution >= 0.6 is 0 Å². The summed E-state index contributed by atoms with van der Waals surface area (Å²) in [5.41, 5.74) is -0.666. The van der Waals surface area contributed by atoms with Crippen molar-refractivity contribution in [2.75, 3.05) is 19.6 Å². The molecule has 2 aromatic rings. The number of nitrogens with one attached hydrogen (secondary N) is 2. The Labute approximate surface area is 145 Å². The van der Waals surface area contributed by atoms with Gasteiger partial charge in [0, 0.05) is 19.2 Å². The molecular formula is C18H23F2N3O2. The minimum absolute atomic E-state index is 0.102. The van der Waals surface area contributed by atoms with Crippen LogP contribution < -0.4 is 10.6 Å². The van der Waals surface area contributed by atoms with Gasteiger partial charge in [-0.3, -0.25) is 0 Å². The van der Waals surface area contributed by atoms with Crippen LogP contribution in [0.1, 0.15) is 25.2 Å². The molecule has 25 heavy (non-hydrogen) atoms. The first-order valence-electron chi connectivity index (χ1n) is 8.14. The third kappa shape index (κ3) is 5.86. The summed E-state index contributed by atoms with van der Waals surface area (Å²) in [5, 5.41) is 16.6. The summed E-state index contributed by atoms with van der Waals surface area (Å²) in [5.74, 6) is -0.247. The third-order valence-electron chi connectivity index (χ3n) is 3.57. The van der Waals surface area contributed by atoms with Crippen LogP contribution in [0.15, 0.2) is 46.0 Å². The molecular weight excluding hydrogens is 328 g/mol. The zero-order valence-electron chi connectivity index (χ0n) is 14.4. The molecule has 0 aliphatic heterocycles. The summed E-state index contributed by atoms with van der Waals surface area (Å²) in [7, 11) is 0. The second kappa shape index (κ2) is 8.62. The highest BCUT2D eigenvalue weighted by atomic mass is 19.1. The largest absolute Gasteiger partial charge is 0.466 e. The minimum atomic E-state index is -1.22. The lowest BCUT2D eigenvalue weighted by molar-refractivity contribution is 0.0437. The van der Waals surface area contributed by atoms with E-state index >= 15 is 0 Å². The van der Waals surface area contributed by atoms with Crippen molar-refractivity contribution in [3.63, 3.8) is 0 Å². The van der Waals surface area contributed by atoms with Crippen LogP contribution in [0, 0.1) is 11.6 Å². The topological polar surface area (TPSA) is 69.8 Å². The maximum absolute atomic E-state index is 13.2. The molecule has 0 radical (unpaired) electrons. The van der Waals surface area contributed by atoms with Crippen LogP contribution in [0.5, 0.6) is 0 Å².